The number of carbonyl (C=O) groups excluding carboxylic acids is 1. The predicted octanol–water partition coefficient (Wildman–Crippen LogP) is 2.80. The zero-order chi connectivity index (χ0) is 13.7. The lowest BCUT2D eigenvalue weighted by Gasteiger charge is -2.06. The molecular weight excluding hydrogens is 296 g/mol. The van der Waals surface area contributed by atoms with E-state index < -0.39 is 0 Å². The van der Waals surface area contributed by atoms with Crippen molar-refractivity contribution >= 4 is 34.8 Å². The highest BCUT2D eigenvalue weighted by Gasteiger charge is 2.20. The van der Waals surface area contributed by atoms with Gasteiger partial charge in [-0.25, -0.2) is 0 Å². The van der Waals surface area contributed by atoms with Crippen molar-refractivity contribution < 1.29 is 4.79 Å². The molecule has 1 aliphatic carbocycles. The molecule has 7 heteroatoms. The van der Waals surface area contributed by atoms with E-state index in [1.807, 2.05) is 0 Å². The molecule has 1 aliphatic rings. The van der Waals surface area contributed by atoms with Crippen LogP contribution in [0.4, 0.5) is 5.13 Å². The van der Waals surface area contributed by atoms with Crippen LogP contribution in [0.5, 0.6) is 0 Å². The Balaban J connectivity index is 0.00000200. The van der Waals surface area contributed by atoms with Crippen molar-refractivity contribution in [3.05, 3.63) is 5.01 Å². The van der Waals surface area contributed by atoms with E-state index in [-0.39, 0.29) is 18.3 Å². The van der Waals surface area contributed by atoms with E-state index in [0.29, 0.717) is 17.6 Å². The van der Waals surface area contributed by atoms with Crippen LogP contribution in [0.15, 0.2) is 0 Å². The van der Waals surface area contributed by atoms with Crippen molar-refractivity contribution in [3.63, 3.8) is 0 Å². The quantitative estimate of drug-likeness (QED) is 0.773. The molecule has 1 aromatic heterocycles. The minimum atomic E-state index is -0.0344. The summed E-state index contributed by atoms with van der Waals surface area (Å²) in [7, 11) is 0. The van der Waals surface area contributed by atoms with Crippen molar-refractivity contribution in [1.29, 1.82) is 0 Å². The summed E-state index contributed by atoms with van der Waals surface area (Å²) in [4.78, 5) is 11.7. The van der Waals surface area contributed by atoms with Crippen LogP contribution >= 0.6 is 23.7 Å². The number of anilines is 1. The van der Waals surface area contributed by atoms with Crippen LogP contribution in [0.1, 0.15) is 50.5 Å². The highest BCUT2D eigenvalue weighted by atomic mass is 35.5. The average molecular weight is 319 g/mol. The Morgan fingerprint density at radius 2 is 2.05 bits per heavy atom. The van der Waals surface area contributed by atoms with Gasteiger partial charge in [-0.1, -0.05) is 25.2 Å². The summed E-state index contributed by atoms with van der Waals surface area (Å²) in [6.45, 7) is 5.60. The van der Waals surface area contributed by atoms with Gasteiger partial charge in [0.2, 0.25) is 11.0 Å². The van der Waals surface area contributed by atoms with Gasteiger partial charge in [-0.3, -0.25) is 10.1 Å². The molecular formula is C13H23ClN4OS. The lowest BCUT2D eigenvalue weighted by molar-refractivity contribution is -0.115. The monoisotopic (exact) mass is 318 g/mol. The predicted molar refractivity (Wildman–Crippen MR) is 84.7 cm³/mol. The number of halogens is 1. The maximum Gasteiger partial charge on any atom is 0.240 e. The molecule has 1 saturated carbocycles. The van der Waals surface area contributed by atoms with Crippen LogP contribution in [0.25, 0.3) is 0 Å². The van der Waals surface area contributed by atoms with Gasteiger partial charge in [0, 0.05) is 5.92 Å². The molecule has 1 amide bonds. The first kappa shape index (κ1) is 17.3. The molecule has 5 nitrogen and oxygen atoms in total. The standard InChI is InChI=1S/C13H22N4OS.ClH/c1-3-10(4-2)12-16-17-13(19-12)15-11(18)8-14-7-9-5-6-9;/h9-10,14H,3-8H2,1-2H3,(H,15,17,18);1H. The van der Waals surface area contributed by atoms with E-state index in [0.717, 1.165) is 30.3 Å². The zero-order valence-electron chi connectivity index (χ0n) is 12.0. The van der Waals surface area contributed by atoms with Gasteiger partial charge in [0.25, 0.3) is 0 Å². The molecule has 0 bridgehead atoms. The molecule has 0 aliphatic heterocycles. The highest BCUT2D eigenvalue weighted by molar-refractivity contribution is 7.15. The maximum absolute atomic E-state index is 11.7. The van der Waals surface area contributed by atoms with Crippen LogP contribution < -0.4 is 10.6 Å². The fourth-order valence-corrected chi connectivity index (χ4v) is 2.99. The summed E-state index contributed by atoms with van der Waals surface area (Å²) in [5.41, 5.74) is 0. The van der Waals surface area contributed by atoms with E-state index in [2.05, 4.69) is 34.7 Å². The zero-order valence-corrected chi connectivity index (χ0v) is 13.6. The van der Waals surface area contributed by atoms with E-state index in [4.69, 9.17) is 0 Å². The van der Waals surface area contributed by atoms with Gasteiger partial charge in [-0.2, -0.15) is 0 Å². The SMILES string of the molecule is CCC(CC)c1nnc(NC(=O)CNCC2CC2)s1.Cl. The summed E-state index contributed by atoms with van der Waals surface area (Å²) in [5, 5.41) is 15.8. The fourth-order valence-electron chi connectivity index (χ4n) is 1.96. The van der Waals surface area contributed by atoms with Gasteiger partial charge >= 0.3 is 0 Å². The van der Waals surface area contributed by atoms with Crippen molar-refractivity contribution in [2.75, 3.05) is 18.4 Å². The van der Waals surface area contributed by atoms with Gasteiger partial charge in [-0.15, -0.1) is 22.6 Å². The molecule has 0 unspecified atom stereocenters. The van der Waals surface area contributed by atoms with Gasteiger partial charge in [-0.05, 0) is 38.1 Å². The first-order valence-electron chi connectivity index (χ1n) is 7.06. The molecule has 1 fully saturated rings. The number of hydrogen-bond donors (Lipinski definition) is 2. The third-order valence-corrected chi connectivity index (χ3v) is 4.44. The van der Waals surface area contributed by atoms with Crippen LogP contribution in [-0.4, -0.2) is 29.2 Å². The van der Waals surface area contributed by atoms with E-state index >= 15 is 0 Å². The third-order valence-electron chi connectivity index (χ3n) is 3.44. The van der Waals surface area contributed by atoms with Crippen molar-refractivity contribution in [2.24, 2.45) is 5.92 Å². The maximum atomic E-state index is 11.7. The fraction of sp³-hybridized carbons (Fsp3) is 0.769. The lowest BCUT2D eigenvalue weighted by atomic mass is 10.1. The van der Waals surface area contributed by atoms with Crippen LogP contribution in [-0.2, 0) is 4.79 Å². The molecule has 0 atom stereocenters. The molecule has 114 valence electrons. The average Bonchev–Trinajstić information content (AvgIpc) is 3.11. The minimum absolute atomic E-state index is 0. The summed E-state index contributed by atoms with van der Waals surface area (Å²) >= 11 is 1.49. The number of carbonyl (C=O) groups is 1. The van der Waals surface area contributed by atoms with Gasteiger partial charge in [0.15, 0.2) is 0 Å². The number of hydrogen-bond acceptors (Lipinski definition) is 5. The second-order valence-electron chi connectivity index (χ2n) is 5.08. The molecule has 2 N–H and O–H groups in total. The Morgan fingerprint density at radius 1 is 1.35 bits per heavy atom. The molecule has 1 aromatic rings. The highest BCUT2D eigenvalue weighted by Crippen LogP contribution is 2.28. The summed E-state index contributed by atoms with van der Waals surface area (Å²) in [6, 6.07) is 0. The van der Waals surface area contributed by atoms with Crippen LogP contribution in [0, 0.1) is 5.92 Å². The summed E-state index contributed by atoms with van der Waals surface area (Å²) in [5.74, 6) is 1.21. The first-order chi connectivity index (χ1) is 9.22. The molecule has 0 saturated heterocycles. The Hall–Kier alpha value is -0.720. The van der Waals surface area contributed by atoms with Crippen molar-refractivity contribution in [1.82, 2.24) is 15.5 Å². The minimum Gasteiger partial charge on any atom is -0.308 e. The molecule has 20 heavy (non-hydrogen) atoms. The second-order valence-corrected chi connectivity index (χ2v) is 6.09. The van der Waals surface area contributed by atoms with Gasteiger partial charge in [0.05, 0.1) is 6.54 Å². The van der Waals surface area contributed by atoms with E-state index in [1.165, 1.54) is 24.2 Å². The number of nitrogens with one attached hydrogen (secondary N) is 2. The van der Waals surface area contributed by atoms with Gasteiger partial charge in [0.1, 0.15) is 5.01 Å². The van der Waals surface area contributed by atoms with Gasteiger partial charge < -0.3 is 5.32 Å². The Morgan fingerprint density at radius 3 is 2.65 bits per heavy atom. The molecule has 0 spiro atoms. The van der Waals surface area contributed by atoms with Crippen molar-refractivity contribution in [2.45, 2.75) is 45.4 Å². The van der Waals surface area contributed by atoms with Crippen LogP contribution in [0.3, 0.4) is 0 Å². The number of nitrogens with zero attached hydrogens (tertiary/aromatic N) is 2. The number of amides is 1. The smallest absolute Gasteiger partial charge is 0.240 e. The summed E-state index contributed by atoms with van der Waals surface area (Å²) < 4.78 is 0. The van der Waals surface area contributed by atoms with Crippen LogP contribution in [0.2, 0.25) is 0 Å². The molecule has 2 rings (SSSR count). The lowest BCUT2D eigenvalue weighted by Crippen LogP contribution is -2.29. The normalized spacial score (nSPS) is 14.2. The number of rotatable bonds is 8. The number of aromatic nitrogens is 2. The molecule has 1 heterocycles. The summed E-state index contributed by atoms with van der Waals surface area (Å²) in [6.07, 6.45) is 4.71. The first-order valence-corrected chi connectivity index (χ1v) is 7.88. The van der Waals surface area contributed by atoms with Crippen molar-refractivity contribution in [3.8, 4) is 0 Å². The molecule has 0 aromatic carbocycles. The second kappa shape index (κ2) is 8.54. The third kappa shape index (κ3) is 5.34. The Bertz CT molecular complexity index is 418. The largest absolute Gasteiger partial charge is 0.308 e. The van der Waals surface area contributed by atoms with E-state index in [9.17, 15) is 4.79 Å². The topological polar surface area (TPSA) is 66.9 Å². The molecule has 0 radical (unpaired) electrons. The Labute approximate surface area is 130 Å². The Kier molecular flexibility index (Phi) is 7.40. The van der Waals surface area contributed by atoms with E-state index in [1.54, 1.807) is 0 Å².